The molecule has 1 aliphatic rings. The Morgan fingerprint density at radius 3 is 2.80 bits per heavy atom. The summed E-state index contributed by atoms with van der Waals surface area (Å²) in [6.07, 6.45) is 7.60. The minimum atomic E-state index is 0.459. The van der Waals surface area contributed by atoms with Crippen molar-refractivity contribution in [1.82, 2.24) is 10.1 Å². The summed E-state index contributed by atoms with van der Waals surface area (Å²) in [5, 5.41) is 6.86. The van der Waals surface area contributed by atoms with Crippen molar-refractivity contribution in [2.45, 2.75) is 51.4 Å². The van der Waals surface area contributed by atoms with Crippen LogP contribution in [-0.2, 0) is 0 Å². The fourth-order valence-corrected chi connectivity index (χ4v) is 3.76. The van der Waals surface area contributed by atoms with E-state index in [0.29, 0.717) is 11.8 Å². The van der Waals surface area contributed by atoms with E-state index >= 15 is 0 Å². The number of thiophene rings is 1. The summed E-state index contributed by atoms with van der Waals surface area (Å²) in [5.74, 6) is 2.78. The number of hydrogen-bond acceptors (Lipinski definition) is 5. The van der Waals surface area contributed by atoms with Gasteiger partial charge in [0.25, 0.3) is 5.89 Å². The number of anilines is 1. The SMILES string of the molecule is CCCC1CCC(c2noc(-c3ccsc3N)n2)CC1. The summed E-state index contributed by atoms with van der Waals surface area (Å²) in [6.45, 7) is 2.27. The number of nitrogens with zero attached hydrogens (tertiary/aromatic N) is 2. The normalized spacial score (nSPS) is 23.1. The Labute approximate surface area is 123 Å². The third-order valence-corrected chi connectivity index (χ3v) is 5.02. The van der Waals surface area contributed by atoms with Crippen LogP contribution in [0.2, 0.25) is 0 Å². The van der Waals surface area contributed by atoms with Gasteiger partial charge < -0.3 is 10.3 Å². The van der Waals surface area contributed by atoms with Crippen LogP contribution in [0.15, 0.2) is 16.0 Å². The van der Waals surface area contributed by atoms with Crippen molar-refractivity contribution in [2.24, 2.45) is 5.92 Å². The van der Waals surface area contributed by atoms with E-state index in [4.69, 9.17) is 10.3 Å². The first-order chi connectivity index (χ1) is 9.78. The van der Waals surface area contributed by atoms with Crippen molar-refractivity contribution in [3.05, 3.63) is 17.3 Å². The predicted octanol–water partition coefficient (Wildman–Crippen LogP) is 4.45. The van der Waals surface area contributed by atoms with Crippen LogP contribution in [0.5, 0.6) is 0 Å². The summed E-state index contributed by atoms with van der Waals surface area (Å²) in [4.78, 5) is 4.56. The highest BCUT2D eigenvalue weighted by molar-refractivity contribution is 7.14. The van der Waals surface area contributed by atoms with Crippen LogP contribution in [0.3, 0.4) is 0 Å². The van der Waals surface area contributed by atoms with E-state index in [1.54, 1.807) is 0 Å². The Morgan fingerprint density at radius 1 is 1.35 bits per heavy atom. The van der Waals surface area contributed by atoms with E-state index in [9.17, 15) is 0 Å². The van der Waals surface area contributed by atoms with Crippen LogP contribution in [0.1, 0.15) is 57.2 Å². The molecule has 0 atom stereocenters. The Kier molecular flexibility index (Phi) is 4.05. The van der Waals surface area contributed by atoms with Crippen LogP contribution in [0.25, 0.3) is 11.5 Å². The van der Waals surface area contributed by atoms with Crippen molar-refractivity contribution in [3.63, 3.8) is 0 Å². The molecule has 2 N–H and O–H groups in total. The third kappa shape index (κ3) is 2.73. The lowest BCUT2D eigenvalue weighted by atomic mass is 9.80. The lowest BCUT2D eigenvalue weighted by molar-refractivity contribution is 0.296. The van der Waals surface area contributed by atoms with Crippen LogP contribution < -0.4 is 5.73 Å². The molecule has 1 fully saturated rings. The standard InChI is InChI=1S/C15H21N3OS/c1-2-3-10-4-6-11(7-5-10)14-17-15(19-18-14)12-8-9-20-13(12)16/h8-11H,2-7,16H2,1H3. The number of nitrogen functional groups attached to an aromatic ring is 1. The summed E-state index contributed by atoms with van der Waals surface area (Å²) in [6, 6.07) is 1.94. The average molecular weight is 291 g/mol. The second-order valence-corrected chi connectivity index (χ2v) is 6.61. The van der Waals surface area contributed by atoms with Gasteiger partial charge in [-0.3, -0.25) is 0 Å². The molecule has 20 heavy (non-hydrogen) atoms. The van der Waals surface area contributed by atoms with Crippen LogP contribution in [0.4, 0.5) is 5.00 Å². The molecule has 4 nitrogen and oxygen atoms in total. The van der Waals surface area contributed by atoms with Gasteiger partial charge in [0.05, 0.1) is 10.6 Å². The fraction of sp³-hybridized carbons (Fsp3) is 0.600. The molecule has 5 heteroatoms. The van der Waals surface area contributed by atoms with Crippen molar-refractivity contribution >= 4 is 16.3 Å². The molecule has 0 radical (unpaired) electrons. The van der Waals surface area contributed by atoms with E-state index in [1.165, 1.54) is 49.9 Å². The molecule has 0 spiro atoms. The molecular formula is C15H21N3OS. The third-order valence-electron chi connectivity index (χ3n) is 4.28. The van der Waals surface area contributed by atoms with Crippen molar-refractivity contribution < 1.29 is 4.52 Å². The first kappa shape index (κ1) is 13.6. The van der Waals surface area contributed by atoms with Crippen molar-refractivity contribution in [3.8, 4) is 11.5 Å². The minimum Gasteiger partial charge on any atom is -0.390 e. The maximum absolute atomic E-state index is 5.90. The quantitative estimate of drug-likeness (QED) is 0.903. The van der Waals surface area contributed by atoms with E-state index < -0.39 is 0 Å². The molecule has 0 aliphatic heterocycles. The van der Waals surface area contributed by atoms with Crippen LogP contribution in [0, 0.1) is 5.92 Å². The van der Waals surface area contributed by atoms with Gasteiger partial charge in [-0.2, -0.15) is 4.98 Å². The Hall–Kier alpha value is -1.36. The topological polar surface area (TPSA) is 64.9 Å². The maximum atomic E-state index is 5.90. The molecule has 2 aromatic rings. The van der Waals surface area contributed by atoms with E-state index in [1.807, 2.05) is 11.4 Å². The molecule has 0 amide bonds. The summed E-state index contributed by atoms with van der Waals surface area (Å²) in [5.41, 5.74) is 6.77. The highest BCUT2D eigenvalue weighted by Gasteiger charge is 2.26. The number of aromatic nitrogens is 2. The van der Waals surface area contributed by atoms with Gasteiger partial charge in [0.15, 0.2) is 5.82 Å². The van der Waals surface area contributed by atoms with Gasteiger partial charge in [0.2, 0.25) is 0 Å². The number of rotatable bonds is 4. The lowest BCUT2D eigenvalue weighted by Crippen LogP contribution is -2.14. The first-order valence-corrected chi connectivity index (χ1v) is 8.32. The number of nitrogens with two attached hydrogens (primary N) is 1. The Balaban J connectivity index is 1.68. The molecule has 2 heterocycles. The second kappa shape index (κ2) is 5.95. The Morgan fingerprint density at radius 2 is 2.15 bits per heavy atom. The zero-order valence-corrected chi connectivity index (χ0v) is 12.7. The van der Waals surface area contributed by atoms with Crippen molar-refractivity contribution in [1.29, 1.82) is 0 Å². The molecule has 1 aliphatic carbocycles. The molecule has 0 aromatic carbocycles. The van der Waals surface area contributed by atoms with E-state index in [2.05, 4.69) is 17.1 Å². The number of hydrogen-bond donors (Lipinski definition) is 1. The molecule has 2 aromatic heterocycles. The minimum absolute atomic E-state index is 0.459. The van der Waals surface area contributed by atoms with Gasteiger partial charge in [-0.05, 0) is 43.0 Å². The van der Waals surface area contributed by atoms with E-state index in [-0.39, 0.29) is 0 Å². The molecule has 108 valence electrons. The fourth-order valence-electron chi connectivity index (χ4n) is 3.13. The highest BCUT2D eigenvalue weighted by atomic mass is 32.1. The summed E-state index contributed by atoms with van der Waals surface area (Å²) >= 11 is 1.50. The first-order valence-electron chi connectivity index (χ1n) is 7.45. The van der Waals surface area contributed by atoms with Gasteiger partial charge in [-0.25, -0.2) is 0 Å². The smallest absolute Gasteiger partial charge is 0.260 e. The average Bonchev–Trinajstić information content (AvgIpc) is 3.08. The van der Waals surface area contributed by atoms with E-state index in [0.717, 1.165) is 22.3 Å². The van der Waals surface area contributed by atoms with Gasteiger partial charge in [-0.1, -0.05) is 24.9 Å². The summed E-state index contributed by atoms with van der Waals surface area (Å²) < 4.78 is 5.38. The van der Waals surface area contributed by atoms with Gasteiger partial charge in [-0.15, -0.1) is 11.3 Å². The van der Waals surface area contributed by atoms with Gasteiger partial charge in [0.1, 0.15) is 0 Å². The monoisotopic (exact) mass is 291 g/mol. The van der Waals surface area contributed by atoms with Gasteiger partial charge in [0, 0.05) is 5.92 Å². The molecule has 0 unspecified atom stereocenters. The highest BCUT2D eigenvalue weighted by Crippen LogP contribution is 2.37. The molecule has 3 rings (SSSR count). The largest absolute Gasteiger partial charge is 0.390 e. The van der Waals surface area contributed by atoms with Crippen molar-refractivity contribution in [2.75, 3.05) is 5.73 Å². The van der Waals surface area contributed by atoms with Crippen LogP contribution >= 0.6 is 11.3 Å². The molecule has 0 saturated heterocycles. The summed E-state index contributed by atoms with van der Waals surface area (Å²) in [7, 11) is 0. The van der Waals surface area contributed by atoms with Crippen LogP contribution in [-0.4, -0.2) is 10.1 Å². The zero-order chi connectivity index (χ0) is 13.9. The zero-order valence-electron chi connectivity index (χ0n) is 11.8. The lowest BCUT2D eigenvalue weighted by Gasteiger charge is -2.26. The maximum Gasteiger partial charge on any atom is 0.260 e. The Bertz CT molecular complexity index is 555. The molecular weight excluding hydrogens is 270 g/mol. The van der Waals surface area contributed by atoms with Gasteiger partial charge >= 0.3 is 0 Å². The predicted molar refractivity (Wildman–Crippen MR) is 81.6 cm³/mol. The molecule has 1 saturated carbocycles. The second-order valence-electron chi connectivity index (χ2n) is 5.66. The molecule has 0 bridgehead atoms.